The Hall–Kier alpha value is -2.30. The molecule has 0 radical (unpaired) electrons. The van der Waals surface area contributed by atoms with Crippen LogP contribution in [-0.4, -0.2) is 27.5 Å². The SMILES string of the molecule is O=C(O)c1ccn(CC2COc3ccccc32)n1. The molecule has 2 aromatic rings. The lowest BCUT2D eigenvalue weighted by Gasteiger charge is -2.08. The van der Waals surface area contributed by atoms with Gasteiger partial charge in [0.1, 0.15) is 5.75 Å². The molecule has 1 unspecified atom stereocenters. The normalized spacial score (nSPS) is 17.2. The van der Waals surface area contributed by atoms with Crippen molar-refractivity contribution in [2.75, 3.05) is 6.61 Å². The van der Waals surface area contributed by atoms with Crippen LogP contribution >= 0.6 is 0 Å². The Kier molecular flexibility index (Phi) is 2.51. The maximum Gasteiger partial charge on any atom is 0.356 e. The molecule has 0 amide bonds. The van der Waals surface area contributed by atoms with Gasteiger partial charge in [-0.25, -0.2) is 4.79 Å². The van der Waals surface area contributed by atoms with E-state index in [1.807, 2.05) is 24.3 Å². The molecule has 1 N–H and O–H groups in total. The van der Waals surface area contributed by atoms with Crippen molar-refractivity contribution in [1.29, 1.82) is 0 Å². The molecule has 5 heteroatoms. The van der Waals surface area contributed by atoms with Gasteiger partial charge >= 0.3 is 5.97 Å². The number of carbonyl (C=O) groups is 1. The molecule has 1 aliphatic rings. The third kappa shape index (κ3) is 1.84. The third-order valence-electron chi connectivity index (χ3n) is 3.07. The average Bonchev–Trinajstić information content (AvgIpc) is 2.98. The molecule has 2 heterocycles. The first-order valence-electron chi connectivity index (χ1n) is 5.72. The lowest BCUT2D eigenvalue weighted by atomic mass is 10.0. The number of hydrogen-bond donors (Lipinski definition) is 1. The van der Waals surface area contributed by atoms with Crippen LogP contribution in [0.2, 0.25) is 0 Å². The van der Waals surface area contributed by atoms with Crippen LogP contribution in [0.1, 0.15) is 22.0 Å². The summed E-state index contributed by atoms with van der Waals surface area (Å²) in [5.74, 6) is 0.132. The molecule has 0 fully saturated rings. The van der Waals surface area contributed by atoms with Gasteiger partial charge in [-0.1, -0.05) is 18.2 Å². The van der Waals surface area contributed by atoms with Gasteiger partial charge < -0.3 is 9.84 Å². The van der Waals surface area contributed by atoms with Crippen LogP contribution < -0.4 is 4.74 Å². The molecule has 0 bridgehead atoms. The summed E-state index contributed by atoms with van der Waals surface area (Å²) >= 11 is 0. The number of carboxylic acid groups (broad SMARTS) is 1. The molecule has 0 saturated carbocycles. The van der Waals surface area contributed by atoms with Crippen LogP contribution in [0.4, 0.5) is 0 Å². The van der Waals surface area contributed by atoms with Crippen molar-refractivity contribution in [1.82, 2.24) is 9.78 Å². The third-order valence-corrected chi connectivity index (χ3v) is 3.07. The highest BCUT2D eigenvalue weighted by Crippen LogP contribution is 2.34. The predicted molar refractivity (Wildman–Crippen MR) is 63.9 cm³/mol. The molecule has 92 valence electrons. The van der Waals surface area contributed by atoms with Crippen LogP contribution in [0.25, 0.3) is 0 Å². The van der Waals surface area contributed by atoms with Crippen molar-refractivity contribution in [2.24, 2.45) is 0 Å². The van der Waals surface area contributed by atoms with Crippen molar-refractivity contribution in [3.63, 3.8) is 0 Å². The summed E-state index contributed by atoms with van der Waals surface area (Å²) in [7, 11) is 0. The number of aromatic carboxylic acids is 1. The van der Waals surface area contributed by atoms with Crippen molar-refractivity contribution >= 4 is 5.97 Å². The first-order chi connectivity index (χ1) is 8.74. The van der Waals surface area contributed by atoms with E-state index < -0.39 is 5.97 Å². The van der Waals surface area contributed by atoms with Crippen molar-refractivity contribution in [3.8, 4) is 5.75 Å². The number of carboxylic acids is 1. The fourth-order valence-electron chi connectivity index (χ4n) is 2.18. The predicted octanol–water partition coefficient (Wildman–Crippen LogP) is 1.76. The second-order valence-corrected chi connectivity index (χ2v) is 4.27. The number of fused-ring (bicyclic) bond motifs is 1. The molecule has 1 atom stereocenters. The highest BCUT2D eigenvalue weighted by Gasteiger charge is 2.24. The van der Waals surface area contributed by atoms with Gasteiger partial charge in [0.05, 0.1) is 13.2 Å². The standard InChI is InChI=1S/C13H12N2O3/c16-13(17)11-5-6-15(14-11)7-9-8-18-12-4-2-1-3-10(9)12/h1-6,9H,7-8H2,(H,16,17). The Morgan fingerprint density at radius 2 is 2.28 bits per heavy atom. The van der Waals surface area contributed by atoms with E-state index in [0.29, 0.717) is 13.2 Å². The lowest BCUT2D eigenvalue weighted by molar-refractivity contribution is 0.0689. The lowest BCUT2D eigenvalue weighted by Crippen LogP contribution is -2.12. The van der Waals surface area contributed by atoms with E-state index in [1.54, 1.807) is 10.9 Å². The highest BCUT2D eigenvalue weighted by atomic mass is 16.5. The minimum Gasteiger partial charge on any atom is -0.493 e. The average molecular weight is 244 g/mol. The number of benzene rings is 1. The maximum atomic E-state index is 10.7. The largest absolute Gasteiger partial charge is 0.493 e. The van der Waals surface area contributed by atoms with E-state index >= 15 is 0 Å². The Bertz CT molecular complexity index is 591. The highest BCUT2D eigenvalue weighted by molar-refractivity contribution is 5.85. The van der Waals surface area contributed by atoms with Gasteiger partial charge in [-0.2, -0.15) is 5.10 Å². The molecular weight excluding hydrogens is 232 g/mol. The first kappa shape index (κ1) is 10.8. The van der Waals surface area contributed by atoms with Crippen molar-refractivity contribution < 1.29 is 14.6 Å². The number of nitrogens with zero attached hydrogens (tertiary/aromatic N) is 2. The molecule has 0 aliphatic carbocycles. The van der Waals surface area contributed by atoms with E-state index in [2.05, 4.69) is 5.10 Å². The Labute approximate surface area is 104 Å². The number of para-hydroxylation sites is 1. The fraction of sp³-hybridized carbons (Fsp3) is 0.231. The number of aromatic nitrogens is 2. The second-order valence-electron chi connectivity index (χ2n) is 4.27. The summed E-state index contributed by atoms with van der Waals surface area (Å²) in [4.78, 5) is 10.7. The number of rotatable bonds is 3. The van der Waals surface area contributed by atoms with Crippen LogP contribution in [0.15, 0.2) is 36.5 Å². The summed E-state index contributed by atoms with van der Waals surface area (Å²) < 4.78 is 7.23. The summed E-state index contributed by atoms with van der Waals surface area (Å²) in [5.41, 5.74) is 1.23. The molecular formula is C13H12N2O3. The van der Waals surface area contributed by atoms with Gasteiger partial charge in [-0.05, 0) is 12.1 Å². The Morgan fingerprint density at radius 1 is 1.44 bits per heavy atom. The zero-order valence-corrected chi connectivity index (χ0v) is 9.61. The summed E-state index contributed by atoms with van der Waals surface area (Å²) in [6.45, 7) is 1.24. The Balaban J connectivity index is 1.80. The van der Waals surface area contributed by atoms with Crippen LogP contribution in [0.3, 0.4) is 0 Å². The summed E-state index contributed by atoms with van der Waals surface area (Å²) in [6.07, 6.45) is 1.68. The van der Waals surface area contributed by atoms with Crippen LogP contribution in [-0.2, 0) is 6.54 Å². The van der Waals surface area contributed by atoms with Crippen molar-refractivity contribution in [3.05, 3.63) is 47.8 Å². The summed E-state index contributed by atoms with van der Waals surface area (Å²) in [6, 6.07) is 9.41. The van der Waals surface area contributed by atoms with E-state index in [4.69, 9.17) is 9.84 Å². The Morgan fingerprint density at radius 3 is 3.06 bits per heavy atom. The number of ether oxygens (including phenoxy) is 1. The van der Waals surface area contributed by atoms with E-state index in [1.165, 1.54) is 6.07 Å². The van der Waals surface area contributed by atoms with Gasteiger partial charge in [0.15, 0.2) is 5.69 Å². The van der Waals surface area contributed by atoms with Crippen molar-refractivity contribution in [2.45, 2.75) is 12.5 Å². The molecule has 0 saturated heterocycles. The summed E-state index contributed by atoms with van der Waals surface area (Å²) in [5, 5.41) is 12.8. The van der Waals surface area contributed by atoms with Gasteiger partial charge in [-0.15, -0.1) is 0 Å². The fourth-order valence-corrected chi connectivity index (χ4v) is 2.18. The second kappa shape index (κ2) is 4.18. The minimum atomic E-state index is -1.00. The molecule has 1 aromatic heterocycles. The molecule has 1 aromatic carbocycles. The maximum absolute atomic E-state index is 10.7. The zero-order valence-electron chi connectivity index (χ0n) is 9.61. The van der Waals surface area contributed by atoms with Gasteiger partial charge in [0.2, 0.25) is 0 Å². The zero-order chi connectivity index (χ0) is 12.5. The van der Waals surface area contributed by atoms with E-state index in [0.717, 1.165) is 11.3 Å². The number of hydrogen-bond acceptors (Lipinski definition) is 3. The van der Waals surface area contributed by atoms with Gasteiger partial charge in [0.25, 0.3) is 0 Å². The molecule has 1 aliphatic heterocycles. The molecule has 0 spiro atoms. The van der Waals surface area contributed by atoms with Gasteiger partial charge in [0, 0.05) is 17.7 Å². The molecule has 18 heavy (non-hydrogen) atoms. The van der Waals surface area contributed by atoms with E-state index in [9.17, 15) is 4.79 Å². The van der Waals surface area contributed by atoms with E-state index in [-0.39, 0.29) is 11.6 Å². The minimum absolute atomic E-state index is 0.0715. The van der Waals surface area contributed by atoms with Crippen LogP contribution in [0.5, 0.6) is 5.75 Å². The van der Waals surface area contributed by atoms with Crippen LogP contribution in [0, 0.1) is 0 Å². The molecule has 5 nitrogen and oxygen atoms in total. The quantitative estimate of drug-likeness (QED) is 0.893. The molecule has 3 rings (SSSR count). The smallest absolute Gasteiger partial charge is 0.356 e. The first-order valence-corrected chi connectivity index (χ1v) is 5.72. The monoisotopic (exact) mass is 244 g/mol. The topological polar surface area (TPSA) is 64.3 Å². The van der Waals surface area contributed by atoms with Gasteiger partial charge in [-0.3, -0.25) is 4.68 Å².